The molecule has 0 amide bonds. The molecular weight excluding hydrogens is 262 g/mol. The van der Waals surface area contributed by atoms with Gasteiger partial charge >= 0.3 is 0 Å². The highest BCUT2D eigenvalue weighted by atomic mass is 35.7. The summed E-state index contributed by atoms with van der Waals surface area (Å²) >= 11 is 0. The van der Waals surface area contributed by atoms with Gasteiger partial charge in [0.2, 0.25) is 0 Å². The van der Waals surface area contributed by atoms with Gasteiger partial charge in [0.25, 0.3) is 9.05 Å². The van der Waals surface area contributed by atoms with Crippen molar-refractivity contribution in [3.8, 4) is 11.8 Å². The van der Waals surface area contributed by atoms with Gasteiger partial charge in [0.15, 0.2) is 0 Å². The van der Waals surface area contributed by atoms with Crippen LogP contribution in [0.3, 0.4) is 0 Å². The van der Waals surface area contributed by atoms with E-state index in [0.717, 1.165) is 12.8 Å². The van der Waals surface area contributed by atoms with E-state index in [1.54, 1.807) is 0 Å². The van der Waals surface area contributed by atoms with Crippen LogP contribution in [0, 0.1) is 11.3 Å². The van der Waals surface area contributed by atoms with Gasteiger partial charge in [-0.3, -0.25) is 0 Å². The third kappa shape index (κ3) is 3.91. The predicted molar refractivity (Wildman–Crippen MR) is 64.6 cm³/mol. The maximum atomic E-state index is 11.1. The molecule has 1 aromatic carbocycles. The SMILES string of the molecule is CCCCOc1cc(S(=O)(=O)Cl)ccc1C#N. The molecule has 0 bridgehead atoms. The van der Waals surface area contributed by atoms with E-state index in [9.17, 15) is 8.42 Å². The lowest BCUT2D eigenvalue weighted by Crippen LogP contribution is -2.00. The summed E-state index contributed by atoms with van der Waals surface area (Å²) in [4.78, 5) is -0.0651. The topological polar surface area (TPSA) is 67.2 Å². The highest BCUT2D eigenvalue weighted by molar-refractivity contribution is 8.13. The van der Waals surface area contributed by atoms with Gasteiger partial charge in [-0.05, 0) is 18.6 Å². The maximum absolute atomic E-state index is 11.1. The molecule has 17 heavy (non-hydrogen) atoms. The number of nitrogens with zero attached hydrogens (tertiary/aromatic N) is 1. The summed E-state index contributed by atoms with van der Waals surface area (Å²) < 4.78 is 27.6. The number of unbranched alkanes of at least 4 members (excludes halogenated alkanes) is 1. The van der Waals surface area contributed by atoms with E-state index in [2.05, 4.69) is 0 Å². The van der Waals surface area contributed by atoms with Crippen molar-refractivity contribution in [2.24, 2.45) is 0 Å². The molecule has 0 saturated heterocycles. The molecule has 0 aromatic heterocycles. The molecule has 92 valence electrons. The lowest BCUT2D eigenvalue weighted by Gasteiger charge is -2.08. The minimum Gasteiger partial charge on any atom is -0.492 e. The number of ether oxygens (including phenoxy) is 1. The van der Waals surface area contributed by atoms with Crippen molar-refractivity contribution in [1.29, 1.82) is 5.26 Å². The van der Waals surface area contributed by atoms with Crippen LogP contribution in [0.1, 0.15) is 25.3 Å². The average Bonchev–Trinajstić information content (AvgIpc) is 2.28. The van der Waals surface area contributed by atoms with Gasteiger partial charge in [-0.25, -0.2) is 8.42 Å². The van der Waals surface area contributed by atoms with Crippen molar-refractivity contribution >= 4 is 19.7 Å². The third-order valence-electron chi connectivity index (χ3n) is 2.11. The summed E-state index contributed by atoms with van der Waals surface area (Å²) in [5.41, 5.74) is 0.296. The van der Waals surface area contributed by atoms with E-state index in [1.807, 2.05) is 13.0 Å². The number of hydrogen-bond acceptors (Lipinski definition) is 4. The zero-order valence-corrected chi connectivity index (χ0v) is 10.9. The Balaban J connectivity index is 3.04. The smallest absolute Gasteiger partial charge is 0.261 e. The highest BCUT2D eigenvalue weighted by Crippen LogP contribution is 2.24. The zero-order valence-electron chi connectivity index (χ0n) is 9.31. The predicted octanol–water partition coefficient (Wildman–Crippen LogP) is 2.66. The minimum absolute atomic E-state index is 0.0651. The third-order valence-corrected chi connectivity index (χ3v) is 3.46. The molecule has 0 heterocycles. The average molecular weight is 274 g/mol. The monoisotopic (exact) mass is 273 g/mol. The molecule has 1 aromatic rings. The summed E-state index contributed by atoms with van der Waals surface area (Å²) in [6, 6.07) is 5.88. The Bertz CT molecular complexity index is 534. The molecule has 0 N–H and O–H groups in total. The Kier molecular flexibility index (Phi) is 4.79. The fourth-order valence-electron chi connectivity index (χ4n) is 1.19. The summed E-state index contributed by atoms with van der Waals surface area (Å²) in [6.45, 7) is 2.45. The van der Waals surface area contributed by atoms with Gasteiger partial charge in [0, 0.05) is 16.7 Å². The van der Waals surface area contributed by atoms with E-state index in [4.69, 9.17) is 20.7 Å². The van der Waals surface area contributed by atoms with Crippen LogP contribution in [0.2, 0.25) is 0 Å². The first-order chi connectivity index (χ1) is 7.99. The normalized spacial score (nSPS) is 10.9. The molecule has 0 aliphatic heterocycles. The van der Waals surface area contributed by atoms with E-state index >= 15 is 0 Å². The Morgan fingerprint density at radius 3 is 2.71 bits per heavy atom. The quantitative estimate of drug-likeness (QED) is 0.611. The van der Waals surface area contributed by atoms with Crippen molar-refractivity contribution in [2.45, 2.75) is 24.7 Å². The van der Waals surface area contributed by atoms with E-state index in [-0.39, 0.29) is 10.6 Å². The van der Waals surface area contributed by atoms with Crippen molar-refractivity contribution in [3.63, 3.8) is 0 Å². The molecule has 1 rings (SSSR count). The van der Waals surface area contributed by atoms with E-state index in [1.165, 1.54) is 18.2 Å². The van der Waals surface area contributed by atoms with Crippen LogP contribution in [0.15, 0.2) is 23.1 Å². The Hall–Kier alpha value is -1.25. The number of rotatable bonds is 5. The second-order valence-electron chi connectivity index (χ2n) is 3.41. The van der Waals surface area contributed by atoms with Gasteiger partial charge in [-0.15, -0.1) is 0 Å². The number of nitriles is 1. The van der Waals surface area contributed by atoms with Crippen LogP contribution < -0.4 is 4.74 Å². The number of hydrogen-bond donors (Lipinski definition) is 0. The highest BCUT2D eigenvalue weighted by Gasteiger charge is 2.13. The summed E-state index contributed by atoms with van der Waals surface area (Å²) in [7, 11) is 1.42. The number of benzene rings is 1. The molecule has 0 aliphatic carbocycles. The molecular formula is C11H12ClNO3S. The van der Waals surface area contributed by atoms with Crippen LogP contribution >= 0.6 is 10.7 Å². The van der Waals surface area contributed by atoms with Crippen LogP contribution in [0.5, 0.6) is 5.75 Å². The maximum Gasteiger partial charge on any atom is 0.261 e. The van der Waals surface area contributed by atoms with E-state index < -0.39 is 9.05 Å². The second-order valence-corrected chi connectivity index (χ2v) is 5.98. The Morgan fingerprint density at radius 2 is 2.18 bits per heavy atom. The van der Waals surface area contributed by atoms with Gasteiger partial charge < -0.3 is 4.74 Å². The van der Waals surface area contributed by atoms with Crippen LogP contribution in [-0.4, -0.2) is 15.0 Å². The molecule has 0 unspecified atom stereocenters. The Labute approximate surface area is 105 Å². The lowest BCUT2D eigenvalue weighted by molar-refractivity contribution is 0.308. The molecule has 0 radical (unpaired) electrons. The van der Waals surface area contributed by atoms with Crippen molar-refractivity contribution < 1.29 is 13.2 Å². The first kappa shape index (κ1) is 13.8. The van der Waals surface area contributed by atoms with Crippen molar-refractivity contribution in [1.82, 2.24) is 0 Å². The molecule has 0 fully saturated rings. The van der Waals surface area contributed by atoms with Gasteiger partial charge in [-0.1, -0.05) is 13.3 Å². The van der Waals surface area contributed by atoms with Gasteiger partial charge in [-0.2, -0.15) is 5.26 Å². The van der Waals surface area contributed by atoms with Crippen LogP contribution in [0.25, 0.3) is 0 Å². The first-order valence-electron chi connectivity index (χ1n) is 5.10. The summed E-state index contributed by atoms with van der Waals surface area (Å²) in [6.07, 6.45) is 1.79. The second kappa shape index (κ2) is 5.89. The van der Waals surface area contributed by atoms with Crippen LogP contribution in [0.4, 0.5) is 0 Å². The largest absolute Gasteiger partial charge is 0.492 e. The fourth-order valence-corrected chi connectivity index (χ4v) is 1.96. The lowest BCUT2D eigenvalue weighted by atomic mass is 10.2. The van der Waals surface area contributed by atoms with Gasteiger partial charge in [0.1, 0.15) is 11.8 Å². The first-order valence-corrected chi connectivity index (χ1v) is 7.41. The fraction of sp³-hybridized carbons (Fsp3) is 0.364. The summed E-state index contributed by atoms with van der Waals surface area (Å²) in [5, 5.41) is 8.86. The zero-order chi connectivity index (χ0) is 12.9. The van der Waals surface area contributed by atoms with Crippen molar-refractivity contribution in [2.75, 3.05) is 6.61 Å². The number of halogens is 1. The van der Waals surface area contributed by atoms with E-state index in [0.29, 0.717) is 12.2 Å². The molecule has 0 aliphatic rings. The molecule has 6 heteroatoms. The summed E-state index contributed by atoms with van der Waals surface area (Å²) in [5.74, 6) is 0.252. The van der Waals surface area contributed by atoms with Gasteiger partial charge in [0.05, 0.1) is 17.1 Å². The molecule has 0 spiro atoms. The molecule has 0 atom stereocenters. The minimum atomic E-state index is -3.80. The standard InChI is InChI=1S/C11H12ClNO3S/c1-2-3-6-16-11-7-10(17(12,14)15)5-4-9(11)8-13/h4-5,7H,2-3,6H2,1H3. The molecule has 4 nitrogen and oxygen atoms in total. The molecule has 0 saturated carbocycles. The van der Waals surface area contributed by atoms with Crippen LogP contribution in [-0.2, 0) is 9.05 Å². The van der Waals surface area contributed by atoms with Crippen molar-refractivity contribution in [3.05, 3.63) is 23.8 Å². The Morgan fingerprint density at radius 1 is 1.47 bits per heavy atom.